The van der Waals surface area contributed by atoms with Crippen molar-refractivity contribution in [2.24, 2.45) is 5.92 Å². The monoisotopic (exact) mass is 211 g/mol. The average Bonchev–Trinajstić information content (AvgIpc) is 2.96. The lowest BCUT2D eigenvalue weighted by atomic mass is 10.2. The summed E-state index contributed by atoms with van der Waals surface area (Å²) in [6, 6.07) is 1.48. The second-order valence-electron chi connectivity index (χ2n) is 3.76. The van der Waals surface area contributed by atoms with Crippen molar-refractivity contribution < 1.29 is 10.2 Å². The van der Waals surface area contributed by atoms with Crippen molar-refractivity contribution in [2.75, 3.05) is 12.3 Å². The first-order chi connectivity index (χ1) is 7.13. The summed E-state index contributed by atoms with van der Waals surface area (Å²) in [6.45, 7) is -0.279. The van der Waals surface area contributed by atoms with Crippen LogP contribution in [0.15, 0.2) is 17.1 Å². The second kappa shape index (κ2) is 3.63. The van der Waals surface area contributed by atoms with Gasteiger partial charge in [0.15, 0.2) is 0 Å². The molecule has 0 bridgehead atoms. The summed E-state index contributed by atoms with van der Waals surface area (Å²) in [5, 5.41) is 18.1. The lowest BCUT2D eigenvalue weighted by molar-refractivity contribution is 0.0739. The Bertz CT molecular complexity index is 417. The molecule has 0 spiro atoms. The van der Waals surface area contributed by atoms with Crippen molar-refractivity contribution in [2.45, 2.75) is 18.6 Å². The molecule has 0 unspecified atom stereocenters. The van der Waals surface area contributed by atoms with E-state index in [1.54, 1.807) is 12.3 Å². The fourth-order valence-electron chi connectivity index (χ4n) is 1.75. The van der Waals surface area contributed by atoms with Crippen LogP contribution >= 0.6 is 0 Å². The molecule has 1 fully saturated rings. The van der Waals surface area contributed by atoms with Crippen molar-refractivity contribution in [3.63, 3.8) is 0 Å². The third-order valence-electron chi connectivity index (χ3n) is 2.69. The van der Waals surface area contributed by atoms with Gasteiger partial charge < -0.3 is 15.9 Å². The number of rotatable bonds is 3. The van der Waals surface area contributed by atoms with Crippen molar-refractivity contribution >= 4 is 5.82 Å². The van der Waals surface area contributed by atoms with Gasteiger partial charge in [-0.2, -0.15) is 4.98 Å². The molecule has 2 rings (SSSR count). The molecule has 1 aromatic heterocycles. The summed E-state index contributed by atoms with van der Waals surface area (Å²) in [7, 11) is 0. The van der Waals surface area contributed by atoms with Gasteiger partial charge in [0, 0.05) is 18.2 Å². The van der Waals surface area contributed by atoms with E-state index in [1.165, 1.54) is 4.57 Å². The Labute approximate surface area is 86.0 Å². The van der Waals surface area contributed by atoms with Gasteiger partial charge in [0.05, 0.1) is 12.7 Å². The van der Waals surface area contributed by atoms with E-state index in [1.807, 2.05) is 0 Å². The number of nitrogen functional groups attached to an aromatic ring is 1. The molecule has 82 valence electrons. The zero-order chi connectivity index (χ0) is 11.0. The molecule has 4 N–H and O–H groups in total. The van der Waals surface area contributed by atoms with Crippen LogP contribution in [-0.4, -0.2) is 32.5 Å². The Kier molecular flexibility index (Phi) is 2.45. The largest absolute Gasteiger partial charge is 0.394 e. The molecule has 3 atom stereocenters. The molecule has 0 aliphatic heterocycles. The molecule has 0 saturated heterocycles. The molecule has 1 aromatic rings. The first kappa shape index (κ1) is 10.1. The van der Waals surface area contributed by atoms with Gasteiger partial charge in [-0.1, -0.05) is 0 Å². The minimum absolute atomic E-state index is 0.0573. The van der Waals surface area contributed by atoms with Crippen LogP contribution in [0.1, 0.15) is 12.5 Å². The van der Waals surface area contributed by atoms with Crippen LogP contribution in [-0.2, 0) is 0 Å². The summed E-state index contributed by atoms with van der Waals surface area (Å²) >= 11 is 0. The standard InChI is InChI=1S/C9H13N3O3/c10-8-1-2-12(9(15)11-8)6-3-5(6)7(14)4-13/h1-2,5-7,13-14H,3-4H2,(H2,10,11,15)/t5-,6+,7-/m0/s1. The van der Waals surface area contributed by atoms with E-state index in [9.17, 15) is 9.90 Å². The third-order valence-corrected chi connectivity index (χ3v) is 2.69. The van der Waals surface area contributed by atoms with Gasteiger partial charge in [0.25, 0.3) is 0 Å². The molecule has 15 heavy (non-hydrogen) atoms. The van der Waals surface area contributed by atoms with Crippen LogP contribution < -0.4 is 11.4 Å². The highest BCUT2D eigenvalue weighted by Crippen LogP contribution is 2.44. The van der Waals surface area contributed by atoms with Gasteiger partial charge in [-0.3, -0.25) is 4.57 Å². The number of hydrogen-bond donors (Lipinski definition) is 3. The highest BCUT2D eigenvalue weighted by Gasteiger charge is 2.44. The predicted molar refractivity (Wildman–Crippen MR) is 53.1 cm³/mol. The van der Waals surface area contributed by atoms with E-state index in [4.69, 9.17) is 10.8 Å². The van der Waals surface area contributed by atoms with Gasteiger partial charge in [-0.15, -0.1) is 0 Å². The normalized spacial score (nSPS) is 26.3. The number of aliphatic hydroxyl groups is 2. The van der Waals surface area contributed by atoms with Crippen molar-refractivity contribution in [3.05, 3.63) is 22.7 Å². The van der Waals surface area contributed by atoms with Gasteiger partial charge in [-0.05, 0) is 12.5 Å². The fraction of sp³-hybridized carbons (Fsp3) is 0.556. The lowest BCUT2D eigenvalue weighted by Gasteiger charge is -2.07. The smallest absolute Gasteiger partial charge is 0.349 e. The number of anilines is 1. The minimum atomic E-state index is -0.764. The molecule has 1 saturated carbocycles. The summed E-state index contributed by atoms with van der Waals surface area (Å²) in [6.07, 6.45) is 1.49. The van der Waals surface area contributed by atoms with Crippen LogP contribution in [0.2, 0.25) is 0 Å². The number of nitrogens with zero attached hydrogens (tertiary/aromatic N) is 2. The summed E-state index contributed by atoms with van der Waals surface area (Å²) in [5.41, 5.74) is 4.95. The molecular weight excluding hydrogens is 198 g/mol. The Morgan fingerprint density at radius 1 is 1.73 bits per heavy atom. The lowest BCUT2D eigenvalue weighted by Crippen LogP contribution is -2.25. The van der Waals surface area contributed by atoms with Crippen LogP contribution in [0.25, 0.3) is 0 Å². The van der Waals surface area contributed by atoms with Crippen LogP contribution in [0.4, 0.5) is 5.82 Å². The minimum Gasteiger partial charge on any atom is -0.394 e. The maximum absolute atomic E-state index is 11.4. The van der Waals surface area contributed by atoms with Gasteiger partial charge in [0.2, 0.25) is 0 Å². The van der Waals surface area contributed by atoms with Gasteiger partial charge in [0.1, 0.15) is 5.82 Å². The fourth-order valence-corrected chi connectivity index (χ4v) is 1.75. The Balaban J connectivity index is 2.17. The van der Waals surface area contributed by atoms with E-state index >= 15 is 0 Å². The highest BCUT2D eigenvalue weighted by atomic mass is 16.3. The van der Waals surface area contributed by atoms with Gasteiger partial charge >= 0.3 is 5.69 Å². The predicted octanol–water partition coefficient (Wildman–Crippen LogP) is -1.26. The van der Waals surface area contributed by atoms with E-state index in [2.05, 4.69) is 4.98 Å². The Morgan fingerprint density at radius 2 is 2.47 bits per heavy atom. The third kappa shape index (κ3) is 1.86. The van der Waals surface area contributed by atoms with Crippen molar-refractivity contribution in [3.8, 4) is 0 Å². The van der Waals surface area contributed by atoms with E-state index in [0.717, 1.165) is 0 Å². The molecule has 1 aliphatic carbocycles. The molecule has 6 nitrogen and oxygen atoms in total. The number of nitrogens with two attached hydrogens (primary N) is 1. The Hall–Kier alpha value is -1.40. The molecule has 0 radical (unpaired) electrons. The molecular formula is C9H13N3O3. The first-order valence-corrected chi connectivity index (χ1v) is 4.77. The molecule has 0 aromatic carbocycles. The topological polar surface area (TPSA) is 101 Å². The van der Waals surface area contributed by atoms with Gasteiger partial charge in [-0.25, -0.2) is 4.79 Å². The van der Waals surface area contributed by atoms with Crippen LogP contribution in [0.3, 0.4) is 0 Å². The summed E-state index contributed by atoms with van der Waals surface area (Å²) < 4.78 is 1.44. The summed E-state index contributed by atoms with van der Waals surface area (Å²) in [4.78, 5) is 15.0. The zero-order valence-electron chi connectivity index (χ0n) is 8.08. The average molecular weight is 211 g/mol. The maximum atomic E-state index is 11.4. The maximum Gasteiger partial charge on any atom is 0.349 e. The number of aromatic nitrogens is 2. The summed E-state index contributed by atoms with van der Waals surface area (Å²) in [5.74, 6) is 0.134. The molecule has 6 heteroatoms. The second-order valence-corrected chi connectivity index (χ2v) is 3.76. The van der Waals surface area contributed by atoms with Crippen LogP contribution in [0.5, 0.6) is 0 Å². The highest BCUT2D eigenvalue weighted by molar-refractivity contribution is 5.24. The van der Waals surface area contributed by atoms with E-state index < -0.39 is 11.8 Å². The molecule has 1 aliphatic rings. The first-order valence-electron chi connectivity index (χ1n) is 4.77. The quantitative estimate of drug-likeness (QED) is 0.579. The SMILES string of the molecule is Nc1ccn([C@@H]2C[C@@H]2[C@@H](O)CO)c(=O)n1. The van der Waals surface area contributed by atoms with Crippen molar-refractivity contribution in [1.29, 1.82) is 0 Å². The Morgan fingerprint density at radius 3 is 3.07 bits per heavy atom. The number of hydrogen-bond acceptors (Lipinski definition) is 5. The van der Waals surface area contributed by atoms with E-state index in [-0.39, 0.29) is 24.4 Å². The van der Waals surface area contributed by atoms with Crippen molar-refractivity contribution in [1.82, 2.24) is 9.55 Å². The zero-order valence-corrected chi connectivity index (χ0v) is 8.08. The molecule has 0 amide bonds. The van der Waals surface area contributed by atoms with E-state index in [0.29, 0.717) is 6.42 Å². The molecule has 1 heterocycles. The number of aliphatic hydroxyl groups excluding tert-OH is 2. The van der Waals surface area contributed by atoms with Crippen LogP contribution in [0, 0.1) is 5.92 Å².